The number of benzene rings is 2. The van der Waals surface area contributed by atoms with E-state index in [4.69, 9.17) is 9.47 Å². The summed E-state index contributed by atoms with van der Waals surface area (Å²) >= 11 is 1.39. The molecule has 0 aliphatic carbocycles. The molecule has 1 amide bonds. The maximum absolute atomic E-state index is 13.2. The van der Waals surface area contributed by atoms with E-state index in [-0.39, 0.29) is 18.3 Å². The molecule has 0 saturated carbocycles. The van der Waals surface area contributed by atoms with E-state index in [9.17, 15) is 9.59 Å². The van der Waals surface area contributed by atoms with Crippen LogP contribution in [-0.4, -0.2) is 27.5 Å². The molecule has 32 heavy (non-hydrogen) atoms. The van der Waals surface area contributed by atoms with Crippen molar-refractivity contribution in [1.29, 1.82) is 0 Å². The molecule has 1 N–H and O–H groups in total. The molecule has 0 unspecified atom stereocenters. The van der Waals surface area contributed by atoms with Crippen molar-refractivity contribution in [3.8, 4) is 22.8 Å². The molecule has 2 aromatic heterocycles. The Bertz CT molecular complexity index is 1420. The molecule has 0 bridgehead atoms. The highest BCUT2D eigenvalue weighted by molar-refractivity contribution is 7.22. The predicted octanol–water partition coefficient (Wildman–Crippen LogP) is 3.93. The van der Waals surface area contributed by atoms with Crippen molar-refractivity contribution >= 4 is 32.6 Å². The topological polar surface area (TPSA) is 95.3 Å². The highest BCUT2D eigenvalue weighted by atomic mass is 32.1. The van der Waals surface area contributed by atoms with Gasteiger partial charge in [0.2, 0.25) is 6.79 Å². The van der Waals surface area contributed by atoms with Crippen molar-refractivity contribution < 1.29 is 14.3 Å². The minimum absolute atomic E-state index is 0.171. The van der Waals surface area contributed by atoms with Crippen molar-refractivity contribution in [3.05, 3.63) is 64.4 Å². The number of hydrogen-bond donors (Lipinski definition) is 1. The minimum Gasteiger partial charge on any atom is -0.454 e. The van der Waals surface area contributed by atoms with Crippen LogP contribution in [0.2, 0.25) is 0 Å². The quantitative estimate of drug-likeness (QED) is 0.508. The van der Waals surface area contributed by atoms with Gasteiger partial charge in [-0.3, -0.25) is 14.9 Å². The van der Waals surface area contributed by atoms with E-state index in [1.54, 1.807) is 32.0 Å². The molecule has 3 heterocycles. The summed E-state index contributed by atoms with van der Waals surface area (Å²) in [6.07, 6.45) is 0. The molecule has 9 heteroatoms. The monoisotopic (exact) mass is 448 g/mol. The second-order valence-corrected chi connectivity index (χ2v) is 9.07. The number of amides is 1. The molecule has 162 valence electrons. The lowest BCUT2D eigenvalue weighted by molar-refractivity contribution is -0.123. The van der Waals surface area contributed by atoms with Crippen LogP contribution >= 0.6 is 11.3 Å². The summed E-state index contributed by atoms with van der Waals surface area (Å²) in [4.78, 5) is 30.3. The summed E-state index contributed by atoms with van der Waals surface area (Å²) in [6, 6.07) is 14.4. The van der Waals surface area contributed by atoms with Crippen LogP contribution in [0.25, 0.3) is 21.5 Å². The van der Waals surface area contributed by atoms with E-state index in [0.717, 1.165) is 21.3 Å². The number of aryl methyl sites for hydroxylation is 1. The third kappa shape index (κ3) is 3.50. The first-order chi connectivity index (χ1) is 15.3. The van der Waals surface area contributed by atoms with Gasteiger partial charge in [-0.2, -0.15) is 5.10 Å². The van der Waals surface area contributed by atoms with Gasteiger partial charge in [0.1, 0.15) is 5.54 Å². The second-order valence-electron chi connectivity index (χ2n) is 8.04. The van der Waals surface area contributed by atoms with Gasteiger partial charge in [-0.25, -0.2) is 9.67 Å². The number of anilines is 1. The van der Waals surface area contributed by atoms with E-state index in [1.165, 1.54) is 22.1 Å². The molecular formula is C23H20N4O4S. The van der Waals surface area contributed by atoms with Crippen LogP contribution in [0.4, 0.5) is 5.13 Å². The fourth-order valence-electron chi connectivity index (χ4n) is 3.45. The smallest absolute Gasteiger partial charge is 0.267 e. The number of nitrogens with one attached hydrogen (secondary N) is 1. The SMILES string of the molecule is Cc1ccc2nc(NC(=O)C(C)(C)n3nc(-c4ccc5c(c4)OCO5)ccc3=O)sc2c1. The molecule has 1 aliphatic rings. The molecule has 8 nitrogen and oxygen atoms in total. The zero-order valence-corrected chi connectivity index (χ0v) is 18.5. The predicted molar refractivity (Wildman–Crippen MR) is 122 cm³/mol. The van der Waals surface area contributed by atoms with Gasteiger partial charge in [0.25, 0.3) is 11.5 Å². The number of ether oxygens (including phenoxy) is 2. The lowest BCUT2D eigenvalue weighted by Crippen LogP contribution is -2.47. The van der Waals surface area contributed by atoms with E-state index in [1.807, 2.05) is 31.2 Å². The Morgan fingerprint density at radius 3 is 2.75 bits per heavy atom. The molecule has 5 rings (SSSR count). The number of nitrogens with zero attached hydrogens (tertiary/aromatic N) is 3. The van der Waals surface area contributed by atoms with Gasteiger partial charge in [-0.1, -0.05) is 17.4 Å². The van der Waals surface area contributed by atoms with Gasteiger partial charge in [0.15, 0.2) is 16.6 Å². The van der Waals surface area contributed by atoms with Gasteiger partial charge < -0.3 is 9.47 Å². The summed E-state index contributed by atoms with van der Waals surface area (Å²) in [6.45, 7) is 5.48. The van der Waals surface area contributed by atoms with Crippen LogP contribution in [0, 0.1) is 6.92 Å². The number of thiazole rings is 1. The van der Waals surface area contributed by atoms with Crippen LogP contribution in [-0.2, 0) is 10.3 Å². The Balaban J connectivity index is 1.46. The first-order valence-corrected chi connectivity index (χ1v) is 10.8. The van der Waals surface area contributed by atoms with Crippen molar-refractivity contribution in [2.45, 2.75) is 26.3 Å². The van der Waals surface area contributed by atoms with Crippen LogP contribution in [0.5, 0.6) is 11.5 Å². The molecule has 4 aromatic rings. The van der Waals surface area contributed by atoms with Gasteiger partial charge >= 0.3 is 0 Å². The second kappa shape index (κ2) is 7.45. The number of aromatic nitrogens is 3. The standard InChI is InChI=1S/C23H20N4O4S/c1-13-4-6-16-19(10-13)32-22(24-16)25-21(29)23(2,3)27-20(28)9-7-15(26-27)14-5-8-17-18(11-14)31-12-30-17/h4-11H,12H2,1-3H3,(H,24,25,29). The summed E-state index contributed by atoms with van der Waals surface area (Å²) < 4.78 is 13.0. The molecule has 0 spiro atoms. The average molecular weight is 449 g/mol. The molecule has 1 aliphatic heterocycles. The Labute approximate surface area is 187 Å². The first kappa shape index (κ1) is 20.2. The fraction of sp³-hybridized carbons (Fsp3) is 0.217. The maximum Gasteiger partial charge on any atom is 0.267 e. The van der Waals surface area contributed by atoms with Crippen molar-refractivity contribution in [3.63, 3.8) is 0 Å². The number of carbonyl (C=O) groups is 1. The van der Waals surface area contributed by atoms with Crippen LogP contribution < -0.4 is 20.3 Å². The van der Waals surface area contributed by atoms with Crippen molar-refractivity contribution in [1.82, 2.24) is 14.8 Å². The molecule has 0 atom stereocenters. The minimum atomic E-state index is -1.25. The van der Waals surface area contributed by atoms with Crippen LogP contribution in [0.15, 0.2) is 53.3 Å². The van der Waals surface area contributed by atoms with Gasteiger partial charge in [0, 0.05) is 11.6 Å². The van der Waals surface area contributed by atoms with Crippen molar-refractivity contribution in [2.24, 2.45) is 0 Å². The lowest BCUT2D eigenvalue weighted by atomic mass is 10.0. The van der Waals surface area contributed by atoms with E-state index in [2.05, 4.69) is 15.4 Å². The summed E-state index contributed by atoms with van der Waals surface area (Å²) in [7, 11) is 0. The molecular weight excluding hydrogens is 428 g/mol. The van der Waals surface area contributed by atoms with Gasteiger partial charge in [-0.15, -0.1) is 0 Å². The Morgan fingerprint density at radius 2 is 1.91 bits per heavy atom. The van der Waals surface area contributed by atoms with Crippen molar-refractivity contribution in [2.75, 3.05) is 12.1 Å². The van der Waals surface area contributed by atoms with Crippen LogP contribution in [0.3, 0.4) is 0 Å². The Kier molecular flexibility index (Phi) is 4.70. The summed E-state index contributed by atoms with van der Waals surface area (Å²) in [5.74, 6) is 0.892. The Hall–Kier alpha value is -3.72. The first-order valence-electron chi connectivity index (χ1n) is 10.0. The molecule has 0 fully saturated rings. The van der Waals surface area contributed by atoms with Gasteiger partial charge in [0.05, 0.1) is 15.9 Å². The largest absolute Gasteiger partial charge is 0.454 e. The highest BCUT2D eigenvalue weighted by Crippen LogP contribution is 2.35. The molecule has 2 aromatic carbocycles. The zero-order chi connectivity index (χ0) is 22.5. The maximum atomic E-state index is 13.2. The van der Waals surface area contributed by atoms with E-state index < -0.39 is 5.54 Å². The molecule has 0 radical (unpaired) electrons. The third-order valence-electron chi connectivity index (χ3n) is 5.32. The number of carbonyl (C=O) groups excluding carboxylic acids is 1. The van der Waals surface area contributed by atoms with E-state index in [0.29, 0.717) is 22.3 Å². The number of rotatable bonds is 4. The number of fused-ring (bicyclic) bond motifs is 2. The Morgan fingerprint density at radius 1 is 1.09 bits per heavy atom. The summed E-state index contributed by atoms with van der Waals surface area (Å²) in [5, 5.41) is 7.80. The third-order valence-corrected chi connectivity index (χ3v) is 6.25. The molecule has 0 saturated heterocycles. The highest BCUT2D eigenvalue weighted by Gasteiger charge is 2.33. The zero-order valence-electron chi connectivity index (χ0n) is 17.7. The fourth-order valence-corrected chi connectivity index (χ4v) is 4.41. The van der Waals surface area contributed by atoms with E-state index >= 15 is 0 Å². The normalized spacial score (nSPS) is 12.8. The van der Waals surface area contributed by atoms with Crippen LogP contribution in [0.1, 0.15) is 19.4 Å². The number of hydrogen-bond acceptors (Lipinski definition) is 7. The average Bonchev–Trinajstić information content (AvgIpc) is 3.39. The van der Waals surface area contributed by atoms with Gasteiger partial charge in [-0.05, 0) is 62.7 Å². The summed E-state index contributed by atoms with van der Waals surface area (Å²) in [5.41, 5.74) is 1.59. The lowest BCUT2D eigenvalue weighted by Gasteiger charge is -2.24.